The summed E-state index contributed by atoms with van der Waals surface area (Å²) in [6, 6.07) is 11.6. The van der Waals surface area contributed by atoms with E-state index in [0.29, 0.717) is 21.3 Å². The Labute approximate surface area is 190 Å². The Balaban J connectivity index is 1.59. The molecule has 0 saturated heterocycles. The first-order valence-electron chi connectivity index (χ1n) is 9.38. The maximum Gasteiger partial charge on any atom is 0.416 e. The molecular weight excluding hydrogens is 461 g/mol. The minimum absolute atomic E-state index is 0.0330. The van der Waals surface area contributed by atoms with Crippen molar-refractivity contribution >= 4 is 40.7 Å². The number of alkyl halides is 3. The van der Waals surface area contributed by atoms with Gasteiger partial charge in [0.05, 0.1) is 17.7 Å². The molecule has 0 fully saturated rings. The van der Waals surface area contributed by atoms with E-state index in [4.69, 9.17) is 0 Å². The lowest BCUT2D eigenvalue weighted by Gasteiger charge is -2.15. The van der Waals surface area contributed by atoms with Gasteiger partial charge in [-0.1, -0.05) is 36.0 Å². The summed E-state index contributed by atoms with van der Waals surface area (Å²) in [5.41, 5.74) is 1.73. The van der Waals surface area contributed by atoms with Crippen LogP contribution >= 0.6 is 23.1 Å². The number of halogens is 3. The number of nitrogens with zero attached hydrogens (tertiary/aromatic N) is 1. The van der Waals surface area contributed by atoms with Crippen LogP contribution in [0.15, 0.2) is 58.3 Å². The lowest BCUT2D eigenvalue weighted by molar-refractivity contribution is -0.139. The molecule has 3 rings (SSSR count). The molecule has 3 aromatic rings. The number of thiazole rings is 1. The molecule has 10 heteroatoms. The fourth-order valence-corrected chi connectivity index (χ4v) is 4.84. The molecule has 1 aromatic heterocycles. The van der Waals surface area contributed by atoms with E-state index in [9.17, 15) is 27.9 Å². The van der Waals surface area contributed by atoms with Crippen molar-refractivity contribution in [2.75, 3.05) is 5.32 Å². The molecule has 0 bridgehead atoms. The molecule has 0 spiro atoms. The molecule has 1 amide bonds. The summed E-state index contributed by atoms with van der Waals surface area (Å²) in [6.45, 7) is 3.17. The zero-order valence-corrected chi connectivity index (χ0v) is 18.7. The van der Waals surface area contributed by atoms with Crippen molar-refractivity contribution in [2.45, 2.75) is 35.5 Å². The van der Waals surface area contributed by atoms with Crippen molar-refractivity contribution in [1.29, 1.82) is 0 Å². The number of carboxylic acid groups (broad SMARTS) is 1. The van der Waals surface area contributed by atoms with E-state index < -0.39 is 22.5 Å². The highest BCUT2D eigenvalue weighted by atomic mass is 32.2. The number of carboxylic acids is 1. The van der Waals surface area contributed by atoms with E-state index in [1.54, 1.807) is 43.5 Å². The summed E-state index contributed by atoms with van der Waals surface area (Å²) in [4.78, 5) is 27.9. The third-order valence-electron chi connectivity index (χ3n) is 4.44. The second kappa shape index (κ2) is 9.33. The first-order chi connectivity index (χ1) is 14.9. The number of carbonyl (C=O) groups is 2. The molecule has 0 aliphatic rings. The number of rotatable bonds is 7. The molecule has 5 nitrogen and oxygen atoms in total. The average molecular weight is 481 g/mol. The summed E-state index contributed by atoms with van der Waals surface area (Å²) in [5, 5.41) is 13.7. The van der Waals surface area contributed by atoms with Crippen molar-refractivity contribution < 1.29 is 27.9 Å². The van der Waals surface area contributed by atoms with E-state index in [1.165, 1.54) is 23.5 Å². The maximum absolute atomic E-state index is 12.7. The van der Waals surface area contributed by atoms with Gasteiger partial charge in [0, 0.05) is 11.1 Å². The highest BCUT2D eigenvalue weighted by molar-refractivity contribution is 8.03. The molecule has 0 atom stereocenters. The van der Waals surface area contributed by atoms with Gasteiger partial charge in [-0.3, -0.25) is 9.59 Å². The number of anilines is 1. The van der Waals surface area contributed by atoms with Gasteiger partial charge in [0.15, 0.2) is 4.34 Å². The number of aliphatic carboxylic acids is 1. The monoisotopic (exact) mass is 480 g/mol. The topological polar surface area (TPSA) is 79.3 Å². The fourth-order valence-electron chi connectivity index (χ4n) is 2.65. The summed E-state index contributed by atoms with van der Waals surface area (Å²) < 4.78 is 37.6. The second-order valence-electron chi connectivity index (χ2n) is 7.40. The molecule has 0 unspecified atom stereocenters. The number of amides is 1. The van der Waals surface area contributed by atoms with Gasteiger partial charge in [-0.2, -0.15) is 13.2 Å². The Morgan fingerprint density at radius 2 is 1.59 bits per heavy atom. The number of hydrogen-bond acceptors (Lipinski definition) is 5. The van der Waals surface area contributed by atoms with Gasteiger partial charge in [0.25, 0.3) is 0 Å². The maximum atomic E-state index is 12.7. The van der Waals surface area contributed by atoms with Gasteiger partial charge >= 0.3 is 12.1 Å². The van der Waals surface area contributed by atoms with Gasteiger partial charge in [0.1, 0.15) is 4.75 Å². The number of hydrogen-bond donors (Lipinski definition) is 2. The Morgan fingerprint density at radius 1 is 1.03 bits per heavy atom. The van der Waals surface area contributed by atoms with Crippen LogP contribution in [0.2, 0.25) is 0 Å². The number of benzene rings is 2. The van der Waals surface area contributed by atoms with Crippen LogP contribution in [0, 0.1) is 0 Å². The fraction of sp³-hybridized carbons (Fsp3) is 0.227. The minimum atomic E-state index is -4.38. The van der Waals surface area contributed by atoms with Crippen molar-refractivity contribution in [2.24, 2.45) is 0 Å². The molecule has 32 heavy (non-hydrogen) atoms. The SMILES string of the molecule is CC(C)(Sc1nc(CC(=O)Nc2ccc(-c3ccc(C(F)(F)F)cc3)cc2)cs1)C(=O)O. The number of thioether (sulfide) groups is 1. The molecule has 2 N–H and O–H groups in total. The first kappa shape index (κ1) is 23.8. The van der Waals surface area contributed by atoms with E-state index in [-0.39, 0.29) is 12.3 Å². The number of aromatic nitrogens is 1. The van der Waals surface area contributed by atoms with Gasteiger partial charge < -0.3 is 10.4 Å². The Bertz CT molecular complexity index is 1110. The quantitative estimate of drug-likeness (QED) is 0.408. The van der Waals surface area contributed by atoms with Crippen LogP contribution < -0.4 is 5.32 Å². The lowest BCUT2D eigenvalue weighted by Crippen LogP contribution is -2.26. The zero-order chi connectivity index (χ0) is 23.5. The summed E-state index contributed by atoms with van der Waals surface area (Å²) in [5.74, 6) is -1.23. The van der Waals surface area contributed by atoms with Crippen molar-refractivity contribution in [3.63, 3.8) is 0 Å². The van der Waals surface area contributed by atoms with Crippen LogP contribution in [0.1, 0.15) is 25.1 Å². The Morgan fingerprint density at radius 3 is 2.12 bits per heavy atom. The predicted octanol–water partition coefficient (Wildman–Crippen LogP) is 5.97. The second-order valence-corrected chi connectivity index (χ2v) is 10.1. The number of carbonyl (C=O) groups excluding carboxylic acids is 1. The molecule has 0 radical (unpaired) electrons. The molecule has 2 aromatic carbocycles. The van der Waals surface area contributed by atoms with Crippen LogP contribution in [-0.2, 0) is 22.2 Å². The number of nitrogens with one attached hydrogen (secondary N) is 1. The molecule has 0 aliphatic carbocycles. The van der Waals surface area contributed by atoms with Gasteiger partial charge in [-0.05, 0) is 49.2 Å². The highest BCUT2D eigenvalue weighted by Gasteiger charge is 2.30. The highest BCUT2D eigenvalue weighted by Crippen LogP contribution is 2.35. The van der Waals surface area contributed by atoms with Crippen LogP contribution in [0.4, 0.5) is 18.9 Å². The van der Waals surface area contributed by atoms with Crippen LogP contribution in [0.25, 0.3) is 11.1 Å². The first-order valence-corrected chi connectivity index (χ1v) is 11.1. The standard InChI is InChI=1S/C22H19F3N2O3S2/c1-21(2,19(29)30)32-20-27-17(12-31-20)11-18(28)26-16-9-5-14(6-10-16)13-3-7-15(8-4-13)22(23,24)25/h3-10,12H,11H2,1-2H3,(H,26,28)(H,29,30). The van der Waals surface area contributed by atoms with Gasteiger partial charge in [-0.25, -0.2) is 4.98 Å². The summed E-state index contributed by atoms with van der Waals surface area (Å²) >= 11 is 2.40. The molecule has 0 aliphatic heterocycles. The molecule has 1 heterocycles. The smallest absolute Gasteiger partial charge is 0.416 e. The van der Waals surface area contributed by atoms with E-state index in [2.05, 4.69) is 10.3 Å². The Kier molecular flexibility index (Phi) is 6.94. The molecular formula is C22H19F3N2O3S2. The van der Waals surface area contributed by atoms with Crippen molar-refractivity contribution in [3.8, 4) is 11.1 Å². The van der Waals surface area contributed by atoms with E-state index >= 15 is 0 Å². The van der Waals surface area contributed by atoms with Gasteiger partial charge in [0.2, 0.25) is 5.91 Å². The van der Waals surface area contributed by atoms with Crippen LogP contribution in [-0.4, -0.2) is 26.7 Å². The predicted molar refractivity (Wildman–Crippen MR) is 119 cm³/mol. The van der Waals surface area contributed by atoms with E-state index in [1.807, 2.05) is 0 Å². The lowest BCUT2D eigenvalue weighted by atomic mass is 10.0. The third-order valence-corrected chi connectivity index (χ3v) is 6.62. The average Bonchev–Trinajstić information content (AvgIpc) is 3.13. The largest absolute Gasteiger partial charge is 0.480 e. The Hall–Kier alpha value is -2.85. The van der Waals surface area contributed by atoms with Gasteiger partial charge in [-0.15, -0.1) is 11.3 Å². The summed E-state index contributed by atoms with van der Waals surface area (Å²) in [6.07, 6.45) is -4.35. The van der Waals surface area contributed by atoms with Crippen LogP contribution in [0.3, 0.4) is 0 Å². The van der Waals surface area contributed by atoms with Crippen molar-refractivity contribution in [3.05, 3.63) is 65.2 Å². The zero-order valence-electron chi connectivity index (χ0n) is 17.1. The normalized spacial score (nSPS) is 11.9. The minimum Gasteiger partial charge on any atom is -0.480 e. The van der Waals surface area contributed by atoms with E-state index in [0.717, 1.165) is 29.5 Å². The third kappa shape index (κ3) is 6.10. The van der Waals surface area contributed by atoms with Crippen molar-refractivity contribution in [1.82, 2.24) is 4.98 Å². The van der Waals surface area contributed by atoms with Crippen LogP contribution in [0.5, 0.6) is 0 Å². The molecule has 0 saturated carbocycles. The summed E-state index contributed by atoms with van der Waals surface area (Å²) in [7, 11) is 0. The molecule has 168 valence electrons.